The molecule has 2 aromatic carbocycles. The third-order valence-corrected chi connectivity index (χ3v) is 4.59. The molecule has 3 rings (SSSR count). The molecule has 142 valence electrons. The minimum atomic E-state index is -0.510. The molecule has 0 unspecified atom stereocenters. The molecule has 1 N–H and O–H groups in total. The molecule has 2 amide bonds. The fourth-order valence-electron chi connectivity index (χ4n) is 3.06. The highest BCUT2D eigenvalue weighted by molar-refractivity contribution is 5.97. The van der Waals surface area contributed by atoms with Crippen LogP contribution in [0.25, 0.3) is 0 Å². The number of carbonyl (C=O) groups excluding carboxylic acids is 2. The molecule has 1 heterocycles. The summed E-state index contributed by atoms with van der Waals surface area (Å²) in [6, 6.07) is 14.8. The van der Waals surface area contributed by atoms with Crippen LogP contribution in [-0.4, -0.2) is 54.7 Å². The SMILES string of the molecule is Cc1cccc(N(Cc2ccc(C(=O)CO)cc2)C(=O)N2CCOCC2)c1. The second-order valence-corrected chi connectivity index (χ2v) is 6.59. The van der Waals surface area contributed by atoms with Crippen LogP contribution < -0.4 is 4.90 Å². The van der Waals surface area contributed by atoms with Crippen molar-refractivity contribution in [2.75, 3.05) is 37.8 Å². The van der Waals surface area contributed by atoms with Crippen molar-refractivity contribution in [2.24, 2.45) is 0 Å². The first-order valence-corrected chi connectivity index (χ1v) is 9.02. The van der Waals surface area contributed by atoms with E-state index in [0.29, 0.717) is 38.4 Å². The van der Waals surface area contributed by atoms with Gasteiger partial charge in [-0.3, -0.25) is 9.69 Å². The van der Waals surface area contributed by atoms with Gasteiger partial charge in [-0.15, -0.1) is 0 Å². The Morgan fingerprint density at radius 3 is 2.44 bits per heavy atom. The molecule has 6 nitrogen and oxygen atoms in total. The van der Waals surface area contributed by atoms with Crippen molar-refractivity contribution in [3.63, 3.8) is 0 Å². The van der Waals surface area contributed by atoms with E-state index in [1.54, 1.807) is 21.9 Å². The third kappa shape index (κ3) is 4.72. The van der Waals surface area contributed by atoms with E-state index in [4.69, 9.17) is 9.84 Å². The van der Waals surface area contributed by atoms with Crippen LogP contribution in [0.1, 0.15) is 21.5 Å². The minimum absolute atomic E-state index is 0.0561. The Kier molecular flexibility index (Phi) is 6.21. The molecule has 1 fully saturated rings. The van der Waals surface area contributed by atoms with Crippen LogP contribution in [0.2, 0.25) is 0 Å². The molecule has 0 bridgehead atoms. The number of ketones is 1. The zero-order chi connectivity index (χ0) is 19.2. The summed E-state index contributed by atoms with van der Waals surface area (Å²) in [5.74, 6) is -0.318. The topological polar surface area (TPSA) is 70.1 Å². The fraction of sp³-hybridized carbons (Fsp3) is 0.333. The number of morpholine rings is 1. The quantitative estimate of drug-likeness (QED) is 0.824. The molecule has 0 spiro atoms. The van der Waals surface area contributed by atoms with Gasteiger partial charge in [0.1, 0.15) is 6.61 Å². The van der Waals surface area contributed by atoms with Gasteiger partial charge in [0.2, 0.25) is 0 Å². The summed E-state index contributed by atoms with van der Waals surface area (Å²) in [6.07, 6.45) is 0. The van der Waals surface area contributed by atoms with Crippen LogP contribution in [-0.2, 0) is 11.3 Å². The van der Waals surface area contributed by atoms with Gasteiger partial charge >= 0.3 is 6.03 Å². The molecule has 2 aromatic rings. The summed E-state index contributed by atoms with van der Waals surface area (Å²) in [7, 11) is 0. The first kappa shape index (κ1) is 19.1. The number of carbonyl (C=O) groups is 2. The number of aryl methyl sites for hydroxylation is 1. The average Bonchev–Trinajstić information content (AvgIpc) is 2.72. The maximum Gasteiger partial charge on any atom is 0.324 e. The van der Waals surface area contributed by atoms with E-state index < -0.39 is 6.61 Å². The summed E-state index contributed by atoms with van der Waals surface area (Å²) >= 11 is 0. The van der Waals surface area contributed by atoms with Gasteiger partial charge < -0.3 is 14.7 Å². The molecule has 0 saturated carbocycles. The first-order chi connectivity index (χ1) is 13.1. The van der Waals surface area contributed by atoms with Gasteiger partial charge in [0.25, 0.3) is 0 Å². The Morgan fingerprint density at radius 1 is 1.11 bits per heavy atom. The van der Waals surface area contributed by atoms with Crippen molar-refractivity contribution < 1.29 is 19.4 Å². The normalized spacial score (nSPS) is 14.1. The zero-order valence-corrected chi connectivity index (χ0v) is 15.4. The van der Waals surface area contributed by atoms with E-state index in [-0.39, 0.29) is 11.8 Å². The number of urea groups is 1. The molecule has 6 heteroatoms. The van der Waals surface area contributed by atoms with Gasteiger partial charge in [0, 0.05) is 24.3 Å². The largest absolute Gasteiger partial charge is 0.388 e. The van der Waals surface area contributed by atoms with E-state index in [9.17, 15) is 9.59 Å². The van der Waals surface area contributed by atoms with Gasteiger partial charge in [-0.2, -0.15) is 0 Å². The fourth-order valence-corrected chi connectivity index (χ4v) is 3.06. The lowest BCUT2D eigenvalue weighted by atomic mass is 10.1. The highest BCUT2D eigenvalue weighted by atomic mass is 16.5. The molecular weight excluding hydrogens is 344 g/mol. The average molecular weight is 368 g/mol. The molecule has 0 aliphatic carbocycles. The summed E-state index contributed by atoms with van der Waals surface area (Å²) in [5.41, 5.74) is 3.29. The smallest absolute Gasteiger partial charge is 0.324 e. The molecule has 1 saturated heterocycles. The lowest BCUT2D eigenvalue weighted by Crippen LogP contribution is -2.48. The summed E-state index contributed by atoms with van der Waals surface area (Å²) in [5, 5.41) is 8.98. The molecular formula is C21H24N2O4. The van der Waals surface area contributed by atoms with Gasteiger partial charge in [-0.1, -0.05) is 36.4 Å². The van der Waals surface area contributed by atoms with Crippen molar-refractivity contribution in [1.29, 1.82) is 0 Å². The summed E-state index contributed by atoms with van der Waals surface area (Å²) in [4.78, 5) is 28.3. The van der Waals surface area contributed by atoms with Crippen LogP contribution in [0, 0.1) is 6.92 Å². The number of rotatable bonds is 5. The lowest BCUT2D eigenvalue weighted by molar-refractivity contribution is 0.0548. The van der Waals surface area contributed by atoms with Crippen LogP contribution in [0.15, 0.2) is 48.5 Å². The van der Waals surface area contributed by atoms with Crippen LogP contribution in [0.5, 0.6) is 0 Å². The van der Waals surface area contributed by atoms with Gasteiger partial charge in [-0.05, 0) is 30.2 Å². The second-order valence-electron chi connectivity index (χ2n) is 6.59. The maximum atomic E-state index is 13.1. The second kappa shape index (κ2) is 8.79. The van der Waals surface area contributed by atoms with Crippen molar-refractivity contribution in [3.8, 4) is 0 Å². The number of Topliss-reactive ketones (excluding diaryl/α,β-unsaturated/α-hetero) is 1. The lowest BCUT2D eigenvalue weighted by Gasteiger charge is -2.33. The maximum absolute atomic E-state index is 13.1. The predicted molar refractivity (Wildman–Crippen MR) is 103 cm³/mol. The number of hydrogen-bond donors (Lipinski definition) is 1. The minimum Gasteiger partial charge on any atom is -0.388 e. The van der Waals surface area contributed by atoms with Crippen LogP contribution in [0.4, 0.5) is 10.5 Å². The molecule has 0 aromatic heterocycles. The molecule has 0 radical (unpaired) electrons. The number of hydrogen-bond acceptors (Lipinski definition) is 4. The molecule has 1 aliphatic heterocycles. The predicted octanol–water partition coefficient (Wildman–Crippen LogP) is 2.63. The number of aliphatic hydroxyl groups is 1. The van der Waals surface area contributed by atoms with Crippen molar-refractivity contribution in [2.45, 2.75) is 13.5 Å². The number of ether oxygens (including phenoxy) is 1. The Hall–Kier alpha value is -2.70. The van der Waals surface area contributed by atoms with Crippen molar-refractivity contribution >= 4 is 17.5 Å². The van der Waals surface area contributed by atoms with Crippen LogP contribution in [0.3, 0.4) is 0 Å². The molecule has 1 aliphatic rings. The Morgan fingerprint density at radius 2 is 1.81 bits per heavy atom. The number of anilines is 1. The van der Waals surface area contributed by atoms with E-state index in [1.165, 1.54) is 0 Å². The van der Waals surface area contributed by atoms with Crippen LogP contribution >= 0.6 is 0 Å². The van der Waals surface area contributed by atoms with Gasteiger partial charge in [0.15, 0.2) is 5.78 Å². The number of nitrogens with zero attached hydrogens (tertiary/aromatic N) is 2. The highest BCUT2D eigenvalue weighted by Gasteiger charge is 2.24. The van der Waals surface area contributed by atoms with Gasteiger partial charge in [0.05, 0.1) is 19.8 Å². The van der Waals surface area contributed by atoms with E-state index in [2.05, 4.69) is 0 Å². The third-order valence-electron chi connectivity index (χ3n) is 4.59. The van der Waals surface area contributed by atoms with Crippen molar-refractivity contribution in [3.05, 3.63) is 65.2 Å². The first-order valence-electron chi connectivity index (χ1n) is 9.02. The number of amides is 2. The number of aliphatic hydroxyl groups excluding tert-OH is 1. The van der Waals surface area contributed by atoms with E-state index in [0.717, 1.165) is 16.8 Å². The Bertz CT molecular complexity index is 798. The number of benzene rings is 2. The van der Waals surface area contributed by atoms with E-state index >= 15 is 0 Å². The highest BCUT2D eigenvalue weighted by Crippen LogP contribution is 2.21. The molecule has 27 heavy (non-hydrogen) atoms. The Labute approximate surface area is 159 Å². The summed E-state index contributed by atoms with van der Waals surface area (Å²) in [6.45, 7) is 4.13. The zero-order valence-electron chi connectivity index (χ0n) is 15.4. The van der Waals surface area contributed by atoms with E-state index in [1.807, 2.05) is 43.3 Å². The molecule has 0 atom stereocenters. The Balaban J connectivity index is 1.85. The van der Waals surface area contributed by atoms with Gasteiger partial charge in [-0.25, -0.2) is 4.79 Å². The summed E-state index contributed by atoms with van der Waals surface area (Å²) < 4.78 is 5.35. The van der Waals surface area contributed by atoms with Crippen molar-refractivity contribution in [1.82, 2.24) is 4.90 Å². The monoisotopic (exact) mass is 368 g/mol. The standard InChI is InChI=1S/C21H24N2O4/c1-16-3-2-4-19(13-16)23(21(26)22-9-11-27-12-10-22)14-17-5-7-18(8-6-17)20(25)15-24/h2-8,13,24H,9-12,14-15H2,1H3.